The maximum atomic E-state index is 10.5. The molecule has 156 valence electrons. The molecule has 0 bridgehead atoms. The number of aliphatic hydroxyl groups is 1. The zero-order chi connectivity index (χ0) is 20.8. The van der Waals surface area contributed by atoms with Crippen LogP contribution in [0.1, 0.15) is 25.8 Å². The smallest absolute Gasteiger partial charge is 0.183 e. The van der Waals surface area contributed by atoms with Gasteiger partial charge in [-0.1, -0.05) is 36.4 Å². The molecular weight excluding hydrogens is 368 g/mol. The molecule has 1 atom stereocenters. The van der Waals surface area contributed by atoms with E-state index in [0.29, 0.717) is 26.1 Å². The van der Waals surface area contributed by atoms with Gasteiger partial charge in [0.05, 0.1) is 14.2 Å². The van der Waals surface area contributed by atoms with Gasteiger partial charge in [0, 0.05) is 34.8 Å². The summed E-state index contributed by atoms with van der Waals surface area (Å²) in [6, 6.07) is 14.3. The predicted molar refractivity (Wildman–Crippen MR) is 116 cm³/mol. The van der Waals surface area contributed by atoms with Gasteiger partial charge >= 0.3 is 0 Å². The highest BCUT2D eigenvalue weighted by Gasteiger charge is 2.20. The third-order valence-electron chi connectivity index (χ3n) is 5.10. The maximum Gasteiger partial charge on any atom is 0.183 e. The fourth-order valence-corrected chi connectivity index (χ4v) is 3.79. The Morgan fingerprint density at radius 1 is 0.793 bits per heavy atom. The van der Waals surface area contributed by atoms with E-state index < -0.39 is 12.4 Å². The van der Waals surface area contributed by atoms with Crippen LogP contribution in [0.4, 0.5) is 0 Å². The first-order chi connectivity index (χ1) is 14.1. The minimum absolute atomic E-state index is 0.502. The first kappa shape index (κ1) is 21.4. The van der Waals surface area contributed by atoms with Crippen molar-refractivity contribution in [2.45, 2.75) is 39.1 Å². The average molecular weight is 398 g/mol. The van der Waals surface area contributed by atoms with Crippen LogP contribution in [-0.4, -0.2) is 44.9 Å². The summed E-state index contributed by atoms with van der Waals surface area (Å²) in [5.41, 5.74) is 1.11. The summed E-state index contributed by atoms with van der Waals surface area (Å²) in [4.78, 5) is 0. The van der Waals surface area contributed by atoms with Crippen LogP contribution in [0.3, 0.4) is 0 Å². The topological polar surface area (TPSA) is 57.2 Å². The number of aryl methyl sites for hydroxylation is 1. The minimum Gasteiger partial charge on any atom is -0.495 e. The molecule has 3 aromatic rings. The second kappa shape index (κ2) is 9.92. The van der Waals surface area contributed by atoms with Crippen molar-refractivity contribution in [1.29, 1.82) is 0 Å². The molecule has 3 rings (SSSR count). The van der Waals surface area contributed by atoms with E-state index in [1.165, 1.54) is 0 Å². The molecule has 0 aromatic heterocycles. The van der Waals surface area contributed by atoms with Gasteiger partial charge in [0.25, 0.3) is 0 Å². The van der Waals surface area contributed by atoms with Crippen LogP contribution in [-0.2, 0) is 15.9 Å². The van der Waals surface area contributed by atoms with Gasteiger partial charge in [-0.3, -0.25) is 0 Å². The SMILES string of the molecule is CCOC(OCC)C(O)CCc1ccc2c(OC)c3ccccc3c(OC)c2c1. The van der Waals surface area contributed by atoms with Crippen LogP contribution in [0.5, 0.6) is 11.5 Å². The first-order valence-corrected chi connectivity index (χ1v) is 10.1. The van der Waals surface area contributed by atoms with E-state index in [-0.39, 0.29) is 0 Å². The molecule has 0 aliphatic heterocycles. The van der Waals surface area contributed by atoms with Crippen LogP contribution in [0.2, 0.25) is 0 Å². The van der Waals surface area contributed by atoms with Crippen LogP contribution in [0.25, 0.3) is 21.5 Å². The Bertz CT molecular complexity index is 947. The van der Waals surface area contributed by atoms with Crippen LogP contribution >= 0.6 is 0 Å². The maximum absolute atomic E-state index is 10.5. The first-order valence-electron chi connectivity index (χ1n) is 10.1. The summed E-state index contributed by atoms with van der Waals surface area (Å²) >= 11 is 0. The molecule has 0 aliphatic carbocycles. The van der Waals surface area contributed by atoms with Crippen molar-refractivity contribution in [3.8, 4) is 11.5 Å². The standard InChI is InChI=1S/C24H30O5/c1-5-28-24(29-6-2)21(25)14-12-16-11-13-19-20(15-16)23(27-4)18-10-8-7-9-17(18)22(19)26-3/h7-11,13,15,21,24-25H,5-6,12,14H2,1-4H3. The summed E-state index contributed by atoms with van der Waals surface area (Å²) in [6.07, 6.45) is -0.0300. The second-order valence-corrected chi connectivity index (χ2v) is 6.88. The van der Waals surface area contributed by atoms with Crippen molar-refractivity contribution in [2.75, 3.05) is 27.4 Å². The fraction of sp³-hybridized carbons (Fsp3) is 0.417. The van der Waals surface area contributed by atoms with E-state index in [2.05, 4.69) is 18.2 Å². The van der Waals surface area contributed by atoms with Gasteiger partial charge in [0.1, 0.15) is 17.6 Å². The number of rotatable bonds is 10. The highest BCUT2D eigenvalue weighted by Crippen LogP contribution is 2.42. The van der Waals surface area contributed by atoms with Gasteiger partial charge < -0.3 is 24.1 Å². The van der Waals surface area contributed by atoms with Crippen LogP contribution in [0, 0.1) is 0 Å². The molecule has 0 amide bonds. The van der Waals surface area contributed by atoms with Gasteiger partial charge in [-0.25, -0.2) is 0 Å². The lowest BCUT2D eigenvalue weighted by Crippen LogP contribution is -2.32. The number of hydrogen-bond donors (Lipinski definition) is 1. The van der Waals surface area contributed by atoms with Gasteiger partial charge in [0.2, 0.25) is 0 Å². The molecule has 1 N–H and O–H groups in total. The third-order valence-corrected chi connectivity index (χ3v) is 5.10. The summed E-state index contributed by atoms with van der Waals surface area (Å²) in [6.45, 7) is 4.79. The summed E-state index contributed by atoms with van der Waals surface area (Å²) < 4.78 is 22.5. The molecular formula is C24H30O5. The van der Waals surface area contributed by atoms with Gasteiger partial charge in [-0.2, -0.15) is 0 Å². The van der Waals surface area contributed by atoms with Crippen molar-refractivity contribution < 1.29 is 24.1 Å². The number of ether oxygens (including phenoxy) is 4. The zero-order valence-corrected chi connectivity index (χ0v) is 17.6. The van der Waals surface area contributed by atoms with E-state index in [0.717, 1.165) is 38.6 Å². The molecule has 5 heteroatoms. The largest absolute Gasteiger partial charge is 0.495 e. The van der Waals surface area contributed by atoms with E-state index in [1.807, 2.05) is 38.1 Å². The molecule has 0 saturated carbocycles. The van der Waals surface area contributed by atoms with E-state index in [4.69, 9.17) is 18.9 Å². The summed E-state index contributed by atoms with van der Waals surface area (Å²) in [5.74, 6) is 1.68. The van der Waals surface area contributed by atoms with Crippen molar-refractivity contribution in [2.24, 2.45) is 0 Å². The lowest BCUT2D eigenvalue weighted by molar-refractivity contribution is -0.190. The Labute approximate surface area is 172 Å². The fourth-order valence-electron chi connectivity index (χ4n) is 3.79. The Kier molecular flexibility index (Phi) is 7.31. The predicted octanol–water partition coefficient (Wildman–Crippen LogP) is 4.70. The van der Waals surface area contributed by atoms with Crippen LogP contribution in [0.15, 0.2) is 42.5 Å². The second-order valence-electron chi connectivity index (χ2n) is 6.88. The lowest BCUT2D eigenvalue weighted by atomic mass is 9.97. The molecule has 0 saturated heterocycles. The molecule has 1 unspecified atom stereocenters. The van der Waals surface area contributed by atoms with Gasteiger partial charge in [-0.05, 0) is 38.3 Å². The Hall–Kier alpha value is -2.34. The van der Waals surface area contributed by atoms with Crippen molar-refractivity contribution in [3.63, 3.8) is 0 Å². The highest BCUT2D eigenvalue weighted by atomic mass is 16.7. The summed E-state index contributed by atoms with van der Waals surface area (Å²) in [7, 11) is 3.39. The molecule has 3 aromatic carbocycles. The number of hydrogen-bond acceptors (Lipinski definition) is 5. The molecule has 29 heavy (non-hydrogen) atoms. The minimum atomic E-state index is -0.682. The lowest BCUT2D eigenvalue weighted by Gasteiger charge is -2.22. The van der Waals surface area contributed by atoms with Crippen LogP contribution < -0.4 is 9.47 Å². The molecule has 5 nitrogen and oxygen atoms in total. The van der Waals surface area contributed by atoms with E-state index in [9.17, 15) is 5.11 Å². The van der Waals surface area contributed by atoms with E-state index >= 15 is 0 Å². The van der Waals surface area contributed by atoms with Gasteiger partial charge in [0.15, 0.2) is 6.29 Å². The van der Waals surface area contributed by atoms with Crippen molar-refractivity contribution >= 4 is 21.5 Å². The average Bonchev–Trinajstić information content (AvgIpc) is 2.75. The molecule has 0 heterocycles. The Morgan fingerprint density at radius 3 is 1.90 bits per heavy atom. The Morgan fingerprint density at radius 2 is 1.34 bits per heavy atom. The van der Waals surface area contributed by atoms with Gasteiger partial charge in [-0.15, -0.1) is 0 Å². The number of methoxy groups -OCH3 is 2. The number of aliphatic hydroxyl groups excluding tert-OH is 1. The van der Waals surface area contributed by atoms with Crippen molar-refractivity contribution in [3.05, 3.63) is 48.0 Å². The highest BCUT2D eigenvalue weighted by molar-refractivity contribution is 6.11. The molecule has 0 spiro atoms. The quantitative estimate of drug-likeness (QED) is 0.396. The van der Waals surface area contributed by atoms with Crippen molar-refractivity contribution in [1.82, 2.24) is 0 Å². The third kappa shape index (κ3) is 4.47. The molecule has 0 aliphatic rings. The monoisotopic (exact) mass is 398 g/mol. The number of fused-ring (bicyclic) bond motifs is 2. The Balaban J connectivity index is 1.94. The molecule has 0 fully saturated rings. The summed E-state index contributed by atoms with van der Waals surface area (Å²) in [5, 5.41) is 14.5. The number of benzene rings is 3. The zero-order valence-electron chi connectivity index (χ0n) is 17.6. The van der Waals surface area contributed by atoms with E-state index in [1.54, 1.807) is 14.2 Å². The normalized spacial score (nSPS) is 12.6. The molecule has 0 radical (unpaired) electrons.